The minimum atomic E-state index is -4.50. The number of piperidine rings is 1. The average Bonchev–Trinajstić information content (AvgIpc) is 3.22. The van der Waals surface area contributed by atoms with Gasteiger partial charge < -0.3 is 9.42 Å². The molecule has 2 aromatic rings. The zero-order chi connectivity index (χ0) is 18.6. The van der Waals surface area contributed by atoms with Gasteiger partial charge in [-0.25, -0.2) is 4.98 Å². The number of carbonyl (C=O) groups is 1. The maximum absolute atomic E-state index is 13.5. The molecular formula is C18H20F3N3O2. The Morgan fingerprint density at radius 3 is 2.54 bits per heavy atom. The summed E-state index contributed by atoms with van der Waals surface area (Å²) < 4.78 is 45.4. The lowest BCUT2D eigenvalue weighted by Crippen LogP contribution is -2.39. The Kier molecular flexibility index (Phi) is 3.96. The van der Waals surface area contributed by atoms with Crippen molar-refractivity contribution in [2.24, 2.45) is 11.8 Å². The van der Waals surface area contributed by atoms with Crippen molar-refractivity contribution in [2.45, 2.75) is 45.2 Å². The maximum Gasteiger partial charge on any atom is 0.417 e. The van der Waals surface area contributed by atoms with Crippen molar-refractivity contribution < 1.29 is 22.5 Å². The summed E-state index contributed by atoms with van der Waals surface area (Å²) in [5, 5.41) is 3.56. The number of carbonyl (C=O) groups excluding carboxylic acids is 1. The monoisotopic (exact) mass is 367 g/mol. The van der Waals surface area contributed by atoms with E-state index in [1.807, 2.05) is 4.90 Å². The van der Waals surface area contributed by atoms with Gasteiger partial charge in [0.1, 0.15) is 0 Å². The molecule has 26 heavy (non-hydrogen) atoms. The zero-order valence-electron chi connectivity index (χ0n) is 14.6. The molecule has 0 bridgehead atoms. The number of aryl methyl sites for hydroxylation is 1. The largest absolute Gasteiger partial charge is 0.417 e. The molecule has 1 aliphatic heterocycles. The van der Waals surface area contributed by atoms with Crippen molar-refractivity contribution in [1.82, 2.24) is 15.0 Å². The van der Waals surface area contributed by atoms with Gasteiger partial charge in [-0.15, -0.1) is 0 Å². The second-order valence-electron chi connectivity index (χ2n) is 7.46. The molecule has 140 valence electrons. The van der Waals surface area contributed by atoms with E-state index in [0.717, 1.165) is 12.5 Å². The van der Waals surface area contributed by atoms with Crippen LogP contribution >= 0.6 is 0 Å². The molecule has 0 spiro atoms. The van der Waals surface area contributed by atoms with Crippen molar-refractivity contribution in [3.8, 4) is 0 Å². The lowest BCUT2D eigenvalue weighted by atomic mass is 9.91. The fourth-order valence-corrected chi connectivity index (χ4v) is 3.84. The number of amides is 1. The Balaban J connectivity index is 1.57. The van der Waals surface area contributed by atoms with E-state index in [-0.39, 0.29) is 34.5 Å². The molecule has 0 aromatic carbocycles. The van der Waals surface area contributed by atoms with Crippen LogP contribution in [-0.4, -0.2) is 34.0 Å². The van der Waals surface area contributed by atoms with Crippen molar-refractivity contribution in [2.75, 3.05) is 13.1 Å². The number of halogens is 3. The van der Waals surface area contributed by atoms with Gasteiger partial charge in [-0.1, -0.05) is 12.1 Å². The third-order valence-electron chi connectivity index (χ3n) is 5.59. The van der Waals surface area contributed by atoms with Crippen molar-refractivity contribution in [3.05, 3.63) is 23.0 Å². The van der Waals surface area contributed by atoms with Gasteiger partial charge in [0.2, 0.25) is 5.91 Å². The minimum Gasteiger partial charge on any atom is -0.342 e. The molecule has 3 heterocycles. The molecule has 0 unspecified atom stereocenters. The molecule has 2 atom stereocenters. The Morgan fingerprint density at radius 1 is 1.31 bits per heavy atom. The number of hydrogen-bond donors (Lipinski definition) is 0. The third-order valence-corrected chi connectivity index (χ3v) is 5.59. The molecule has 2 fully saturated rings. The van der Waals surface area contributed by atoms with Gasteiger partial charge in [-0.3, -0.25) is 4.79 Å². The average molecular weight is 367 g/mol. The van der Waals surface area contributed by atoms with Gasteiger partial charge in [-0.2, -0.15) is 13.2 Å². The van der Waals surface area contributed by atoms with Crippen molar-refractivity contribution in [1.29, 1.82) is 0 Å². The number of fused-ring (bicyclic) bond motifs is 1. The van der Waals surface area contributed by atoms with Crippen LogP contribution in [0.15, 0.2) is 10.6 Å². The highest BCUT2D eigenvalue weighted by Gasteiger charge is 2.42. The van der Waals surface area contributed by atoms with Crippen LogP contribution in [0.3, 0.4) is 0 Å². The summed E-state index contributed by atoms with van der Waals surface area (Å²) >= 11 is 0. The highest BCUT2D eigenvalue weighted by atomic mass is 19.4. The van der Waals surface area contributed by atoms with E-state index in [4.69, 9.17) is 4.52 Å². The van der Waals surface area contributed by atoms with E-state index >= 15 is 0 Å². The Hall–Kier alpha value is -2.12. The predicted octanol–water partition coefficient (Wildman–Crippen LogP) is 3.91. The highest BCUT2D eigenvalue weighted by molar-refractivity contribution is 5.82. The molecule has 1 aliphatic carbocycles. The van der Waals surface area contributed by atoms with Crippen LogP contribution in [0.5, 0.6) is 0 Å². The smallest absolute Gasteiger partial charge is 0.342 e. The predicted molar refractivity (Wildman–Crippen MR) is 87.4 cm³/mol. The van der Waals surface area contributed by atoms with E-state index in [1.165, 1.54) is 6.92 Å². The number of alkyl halides is 3. The second kappa shape index (κ2) is 5.96. The third kappa shape index (κ3) is 2.95. The topological polar surface area (TPSA) is 59.2 Å². The molecule has 0 N–H and O–H groups in total. The lowest BCUT2D eigenvalue weighted by molar-refractivity contribution is -0.136. The first-order valence-electron chi connectivity index (χ1n) is 8.88. The molecule has 5 nitrogen and oxygen atoms in total. The summed E-state index contributed by atoms with van der Waals surface area (Å²) in [6.07, 6.45) is -2.34. The van der Waals surface area contributed by atoms with Gasteiger partial charge in [0.15, 0.2) is 0 Å². The number of pyridine rings is 1. The maximum atomic E-state index is 13.5. The molecule has 2 aliphatic rings. The summed E-state index contributed by atoms with van der Waals surface area (Å²) in [5.41, 5.74) is -0.266. The Morgan fingerprint density at radius 2 is 1.96 bits per heavy atom. The van der Waals surface area contributed by atoms with Crippen LogP contribution in [0, 0.1) is 18.8 Å². The standard InChI is InChI=1S/C18H20F3N3O2/c1-9-7-12(9)17(25)24-5-3-11(4-6-24)14-8-13(18(19,20)21)15-10(2)23-26-16(15)22-14/h8-9,11-12H,3-7H2,1-2H3/t9-,12+/m0/s1. The summed E-state index contributed by atoms with van der Waals surface area (Å²) in [6.45, 7) is 4.66. The van der Waals surface area contributed by atoms with Crippen LogP contribution in [-0.2, 0) is 11.0 Å². The van der Waals surface area contributed by atoms with Gasteiger partial charge in [0.25, 0.3) is 5.71 Å². The van der Waals surface area contributed by atoms with E-state index in [9.17, 15) is 18.0 Å². The molecule has 8 heteroatoms. The number of likely N-dealkylation sites (tertiary alicyclic amines) is 1. The summed E-state index contributed by atoms with van der Waals surface area (Å²) in [4.78, 5) is 18.4. The van der Waals surface area contributed by atoms with Crippen LogP contribution in [0.2, 0.25) is 0 Å². The van der Waals surface area contributed by atoms with Gasteiger partial charge in [0.05, 0.1) is 16.6 Å². The first-order chi connectivity index (χ1) is 12.3. The molecule has 0 radical (unpaired) electrons. The summed E-state index contributed by atoms with van der Waals surface area (Å²) in [5.74, 6) is 0.649. The Bertz CT molecular complexity index is 853. The molecule has 1 amide bonds. The SMILES string of the molecule is Cc1noc2nc(C3CCN(C(=O)[C@@H]4C[C@@H]4C)CC3)cc(C(F)(F)F)c12. The minimum absolute atomic E-state index is 0.0716. The molecule has 2 aromatic heterocycles. The van der Waals surface area contributed by atoms with E-state index in [2.05, 4.69) is 17.1 Å². The zero-order valence-corrected chi connectivity index (χ0v) is 14.6. The van der Waals surface area contributed by atoms with Crippen LogP contribution in [0.25, 0.3) is 11.1 Å². The fourth-order valence-electron chi connectivity index (χ4n) is 3.84. The first-order valence-corrected chi connectivity index (χ1v) is 8.88. The van der Waals surface area contributed by atoms with E-state index in [1.54, 1.807) is 0 Å². The van der Waals surface area contributed by atoms with Gasteiger partial charge in [-0.05, 0) is 38.2 Å². The van der Waals surface area contributed by atoms with Crippen LogP contribution in [0.1, 0.15) is 49.1 Å². The molecule has 1 saturated heterocycles. The first kappa shape index (κ1) is 17.3. The molecule has 1 saturated carbocycles. The van der Waals surface area contributed by atoms with Crippen LogP contribution < -0.4 is 0 Å². The van der Waals surface area contributed by atoms with E-state index < -0.39 is 11.7 Å². The Labute approximate surface area is 148 Å². The molecule has 4 rings (SSSR count). The number of nitrogens with zero attached hydrogens (tertiary/aromatic N) is 3. The normalized spacial score (nSPS) is 24.3. The van der Waals surface area contributed by atoms with Gasteiger partial charge >= 0.3 is 6.18 Å². The number of hydrogen-bond acceptors (Lipinski definition) is 4. The summed E-state index contributed by atoms with van der Waals surface area (Å²) in [7, 11) is 0. The second-order valence-corrected chi connectivity index (χ2v) is 7.46. The van der Waals surface area contributed by atoms with Gasteiger partial charge in [0, 0.05) is 30.6 Å². The number of aromatic nitrogens is 2. The number of rotatable bonds is 2. The van der Waals surface area contributed by atoms with Crippen molar-refractivity contribution >= 4 is 17.0 Å². The lowest BCUT2D eigenvalue weighted by Gasteiger charge is -2.32. The molecular weight excluding hydrogens is 347 g/mol. The quantitative estimate of drug-likeness (QED) is 0.807. The summed E-state index contributed by atoms with van der Waals surface area (Å²) in [6, 6.07) is 1.12. The van der Waals surface area contributed by atoms with E-state index in [0.29, 0.717) is 37.5 Å². The van der Waals surface area contributed by atoms with Crippen molar-refractivity contribution in [3.63, 3.8) is 0 Å². The fraction of sp³-hybridized carbons (Fsp3) is 0.611. The highest BCUT2D eigenvalue weighted by Crippen LogP contribution is 2.41. The van der Waals surface area contributed by atoms with Crippen LogP contribution in [0.4, 0.5) is 13.2 Å².